The second-order valence-electron chi connectivity index (χ2n) is 8.25. The predicted molar refractivity (Wildman–Crippen MR) is 118 cm³/mol. The highest BCUT2D eigenvalue weighted by Gasteiger charge is 2.39. The maximum atomic E-state index is 13.7. The lowest BCUT2D eigenvalue weighted by Crippen LogP contribution is -2.40. The molecule has 2 aromatic rings. The van der Waals surface area contributed by atoms with Crippen LogP contribution in [0.3, 0.4) is 0 Å². The summed E-state index contributed by atoms with van der Waals surface area (Å²) >= 11 is 0. The van der Waals surface area contributed by atoms with E-state index < -0.39 is 19.5 Å². The molecule has 0 spiro atoms. The zero-order chi connectivity index (χ0) is 22.5. The van der Waals surface area contributed by atoms with Crippen LogP contribution in [0.25, 0.3) is 0 Å². The number of amides is 1. The summed E-state index contributed by atoms with van der Waals surface area (Å²) < 4.78 is 36.3. The summed E-state index contributed by atoms with van der Waals surface area (Å²) in [5, 5.41) is 0. The van der Waals surface area contributed by atoms with E-state index in [0.717, 1.165) is 6.42 Å². The molecule has 1 atom stereocenters. The number of phosphoric acid groups is 1. The maximum Gasteiger partial charge on any atom is 0.648 e. The summed E-state index contributed by atoms with van der Waals surface area (Å²) in [6, 6.07) is 17.2. The topological polar surface area (TPSA) is 74.3 Å². The van der Waals surface area contributed by atoms with Crippen LogP contribution in [0.2, 0.25) is 0 Å². The Kier molecular flexibility index (Phi) is 6.96. The van der Waals surface area contributed by atoms with Crippen molar-refractivity contribution in [1.82, 2.24) is 4.90 Å². The zero-order valence-electron chi connectivity index (χ0n) is 18.2. The second-order valence-corrected chi connectivity index (χ2v) is 9.69. The molecule has 8 heteroatoms. The van der Waals surface area contributed by atoms with Crippen molar-refractivity contribution in [2.24, 2.45) is 5.92 Å². The van der Waals surface area contributed by atoms with Crippen LogP contribution < -0.4 is 9.05 Å². The van der Waals surface area contributed by atoms with Crippen LogP contribution in [0, 0.1) is 5.92 Å². The molecule has 0 aliphatic carbocycles. The summed E-state index contributed by atoms with van der Waals surface area (Å²) in [7, 11) is -4.20. The second kappa shape index (κ2) is 9.48. The number of hydrogen-bond acceptors (Lipinski definition) is 6. The van der Waals surface area contributed by atoms with Gasteiger partial charge in [-0.2, -0.15) is 4.57 Å². The number of hydrogen-bond donors (Lipinski definition) is 0. The molecule has 0 saturated heterocycles. The Morgan fingerprint density at radius 3 is 1.94 bits per heavy atom. The highest BCUT2D eigenvalue weighted by atomic mass is 31.2. The van der Waals surface area contributed by atoms with Gasteiger partial charge in [0.15, 0.2) is 0 Å². The van der Waals surface area contributed by atoms with Crippen molar-refractivity contribution in [3.05, 3.63) is 72.6 Å². The van der Waals surface area contributed by atoms with Gasteiger partial charge >= 0.3 is 13.9 Å². The third-order valence-electron chi connectivity index (χ3n) is 4.24. The molecule has 0 N–H and O–H groups in total. The fourth-order valence-corrected chi connectivity index (χ4v) is 4.09. The van der Waals surface area contributed by atoms with Crippen LogP contribution in [0.15, 0.2) is 72.6 Å². The average Bonchev–Trinajstić information content (AvgIpc) is 2.68. The Morgan fingerprint density at radius 2 is 1.45 bits per heavy atom. The van der Waals surface area contributed by atoms with Gasteiger partial charge in [-0.25, -0.2) is 9.69 Å². The molecule has 0 radical (unpaired) electrons. The van der Waals surface area contributed by atoms with Gasteiger partial charge in [0.25, 0.3) is 0 Å². The van der Waals surface area contributed by atoms with Crippen LogP contribution in [-0.2, 0) is 13.8 Å². The van der Waals surface area contributed by atoms with E-state index >= 15 is 0 Å². The van der Waals surface area contributed by atoms with Crippen LogP contribution >= 0.6 is 7.82 Å². The van der Waals surface area contributed by atoms with Crippen molar-refractivity contribution in [3.8, 4) is 11.5 Å². The van der Waals surface area contributed by atoms with Gasteiger partial charge in [0.1, 0.15) is 17.1 Å². The number of carbonyl (C=O) groups is 1. The standard InChI is InChI=1S/C23H28NO6P/c1-18-15-16-24(22(25)27-23(2,3)4)21(17-18)30-31(26,28-19-11-7-5-8-12-19)29-20-13-9-6-10-14-20/h5-14,17-18H,15-16H2,1-4H3. The monoisotopic (exact) mass is 445 g/mol. The molecule has 166 valence electrons. The zero-order valence-corrected chi connectivity index (χ0v) is 19.1. The quantitative estimate of drug-likeness (QED) is 0.480. The fourth-order valence-electron chi connectivity index (χ4n) is 2.83. The van der Waals surface area contributed by atoms with Gasteiger partial charge in [0.2, 0.25) is 5.88 Å². The number of rotatable bonds is 6. The number of ether oxygens (including phenoxy) is 1. The van der Waals surface area contributed by atoms with Crippen LogP contribution in [0.5, 0.6) is 11.5 Å². The maximum absolute atomic E-state index is 13.7. The van der Waals surface area contributed by atoms with E-state index in [-0.39, 0.29) is 11.8 Å². The lowest BCUT2D eigenvalue weighted by Gasteiger charge is -2.33. The molecule has 0 fully saturated rings. The van der Waals surface area contributed by atoms with E-state index in [0.29, 0.717) is 18.0 Å². The van der Waals surface area contributed by atoms with Crippen molar-refractivity contribution in [2.75, 3.05) is 6.54 Å². The van der Waals surface area contributed by atoms with Crippen molar-refractivity contribution in [1.29, 1.82) is 0 Å². The molecular formula is C23H28NO6P. The first kappa shape index (κ1) is 22.8. The van der Waals surface area contributed by atoms with Gasteiger partial charge in [-0.1, -0.05) is 43.3 Å². The number of nitrogens with zero attached hydrogens (tertiary/aromatic N) is 1. The number of allylic oxidation sites excluding steroid dienone is 1. The molecule has 0 saturated carbocycles. The molecule has 0 aromatic heterocycles. The third kappa shape index (κ3) is 6.79. The molecule has 1 unspecified atom stereocenters. The minimum atomic E-state index is -4.20. The Morgan fingerprint density at radius 1 is 0.935 bits per heavy atom. The Hall–Kier alpha value is -2.92. The van der Waals surface area contributed by atoms with Crippen molar-refractivity contribution in [2.45, 2.75) is 39.7 Å². The van der Waals surface area contributed by atoms with Gasteiger partial charge in [-0.15, -0.1) is 0 Å². The van der Waals surface area contributed by atoms with E-state index in [4.69, 9.17) is 18.3 Å². The Bertz CT molecular complexity index is 910. The molecule has 1 aliphatic heterocycles. The van der Waals surface area contributed by atoms with Gasteiger partial charge in [0.05, 0.1) is 0 Å². The SMILES string of the molecule is CC1C=C(OP(=O)(Oc2ccccc2)Oc2ccccc2)N(C(=O)OC(C)(C)C)CC1. The van der Waals surface area contributed by atoms with Gasteiger partial charge in [-0.3, -0.25) is 0 Å². The average molecular weight is 445 g/mol. The summed E-state index contributed by atoms with van der Waals surface area (Å²) in [4.78, 5) is 14.1. The molecule has 1 heterocycles. The normalized spacial score (nSPS) is 16.8. The fraction of sp³-hybridized carbons (Fsp3) is 0.348. The number of carbonyl (C=O) groups excluding carboxylic acids is 1. The van der Waals surface area contributed by atoms with Gasteiger partial charge in [-0.05, 0) is 63.5 Å². The lowest BCUT2D eigenvalue weighted by molar-refractivity contribution is 0.0201. The van der Waals surface area contributed by atoms with E-state index in [1.54, 1.807) is 75.4 Å². The molecule has 0 bridgehead atoms. The molecule has 1 aliphatic rings. The predicted octanol–water partition coefficient (Wildman–Crippen LogP) is 6.39. The molecule has 3 rings (SSSR count). The Labute approximate surface area is 183 Å². The van der Waals surface area contributed by atoms with E-state index in [2.05, 4.69) is 0 Å². The van der Waals surface area contributed by atoms with Crippen LogP contribution in [-0.4, -0.2) is 23.1 Å². The highest BCUT2D eigenvalue weighted by molar-refractivity contribution is 7.49. The molecule has 2 aromatic carbocycles. The van der Waals surface area contributed by atoms with E-state index in [1.807, 2.05) is 19.1 Å². The minimum absolute atomic E-state index is 0.0863. The van der Waals surface area contributed by atoms with E-state index in [9.17, 15) is 9.36 Å². The number of para-hydroxylation sites is 2. The highest BCUT2D eigenvalue weighted by Crippen LogP contribution is 2.52. The van der Waals surface area contributed by atoms with Gasteiger partial charge in [0, 0.05) is 6.54 Å². The van der Waals surface area contributed by atoms with Gasteiger partial charge < -0.3 is 18.3 Å². The summed E-state index contributed by atoms with van der Waals surface area (Å²) in [6.45, 7) is 7.69. The molecular weight excluding hydrogens is 417 g/mol. The number of benzene rings is 2. The van der Waals surface area contributed by atoms with Crippen LogP contribution in [0.4, 0.5) is 4.79 Å². The first-order valence-electron chi connectivity index (χ1n) is 10.1. The van der Waals surface area contributed by atoms with E-state index in [1.165, 1.54) is 4.90 Å². The van der Waals surface area contributed by atoms with Crippen molar-refractivity contribution in [3.63, 3.8) is 0 Å². The Balaban J connectivity index is 1.90. The summed E-state index contributed by atoms with van der Waals surface area (Å²) in [6.07, 6.45) is 1.86. The molecule has 31 heavy (non-hydrogen) atoms. The number of phosphoric ester groups is 1. The first-order valence-corrected chi connectivity index (χ1v) is 11.6. The lowest BCUT2D eigenvalue weighted by atomic mass is 10.0. The smallest absolute Gasteiger partial charge is 0.443 e. The third-order valence-corrected chi connectivity index (χ3v) is 5.52. The van der Waals surface area contributed by atoms with Crippen molar-refractivity contribution >= 4 is 13.9 Å². The summed E-state index contributed by atoms with van der Waals surface area (Å²) in [5.41, 5.74) is -0.684. The molecule has 7 nitrogen and oxygen atoms in total. The van der Waals surface area contributed by atoms with Crippen molar-refractivity contribution < 1.29 is 27.7 Å². The minimum Gasteiger partial charge on any atom is -0.443 e. The first-order chi connectivity index (χ1) is 14.6. The largest absolute Gasteiger partial charge is 0.648 e. The molecule has 1 amide bonds. The van der Waals surface area contributed by atoms with Crippen LogP contribution in [0.1, 0.15) is 34.1 Å². The summed E-state index contributed by atoms with van der Waals surface area (Å²) in [5.74, 6) is 0.823.